The highest BCUT2D eigenvalue weighted by Crippen LogP contribution is 2.36. The van der Waals surface area contributed by atoms with Crippen LogP contribution >= 0.6 is 23.2 Å². The minimum Gasteiger partial charge on any atom is -0.486 e. The zero-order chi connectivity index (χ0) is 26.5. The average molecular weight is 549 g/mol. The zero-order valence-electron chi connectivity index (χ0n) is 20.7. The Balaban J connectivity index is 1.32. The lowest BCUT2D eigenvalue weighted by Crippen LogP contribution is -2.23. The SMILES string of the molecule is CN1CCC[C@@H]1/C=C/C(=O)Nc1ccc2ncnc(Nc3ccc(OCc4ccccn4)c(Cl)c3)c2c1Cl. The number of nitrogens with one attached hydrogen (secondary N) is 2. The molecular weight excluding hydrogens is 523 g/mol. The monoisotopic (exact) mass is 548 g/mol. The van der Waals surface area contributed by atoms with Gasteiger partial charge in [-0.25, -0.2) is 9.97 Å². The summed E-state index contributed by atoms with van der Waals surface area (Å²) in [4.78, 5) is 27.8. The van der Waals surface area contributed by atoms with Crippen LogP contribution in [0.25, 0.3) is 10.9 Å². The normalized spacial score (nSPS) is 15.7. The van der Waals surface area contributed by atoms with Gasteiger partial charge in [0.25, 0.3) is 0 Å². The molecule has 0 spiro atoms. The van der Waals surface area contributed by atoms with E-state index in [0.29, 0.717) is 50.5 Å². The smallest absolute Gasteiger partial charge is 0.248 e. The lowest BCUT2D eigenvalue weighted by Gasteiger charge is -2.15. The molecule has 0 saturated carbocycles. The number of hydrogen-bond donors (Lipinski definition) is 2. The van der Waals surface area contributed by atoms with Gasteiger partial charge in [-0.3, -0.25) is 14.7 Å². The number of pyridine rings is 1. The molecule has 2 N–H and O–H groups in total. The van der Waals surface area contributed by atoms with E-state index in [1.165, 1.54) is 6.33 Å². The van der Waals surface area contributed by atoms with E-state index in [1.54, 1.807) is 36.5 Å². The number of nitrogens with zero attached hydrogens (tertiary/aromatic N) is 4. The molecule has 1 aliphatic rings. The first-order valence-corrected chi connectivity index (χ1v) is 13.0. The number of aromatic nitrogens is 3. The van der Waals surface area contributed by atoms with Crippen LogP contribution in [0.2, 0.25) is 10.0 Å². The third-order valence-electron chi connectivity index (χ3n) is 6.34. The van der Waals surface area contributed by atoms with E-state index >= 15 is 0 Å². The molecule has 2 aromatic carbocycles. The molecule has 8 nitrogen and oxygen atoms in total. The number of likely N-dealkylation sites (tertiary alicyclic amines) is 1. The lowest BCUT2D eigenvalue weighted by molar-refractivity contribution is -0.111. The first-order chi connectivity index (χ1) is 18.5. The number of ether oxygens (including phenoxy) is 1. The van der Waals surface area contributed by atoms with E-state index in [1.807, 2.05) is 30.3 Å². The van der Waals surface area contributed by atoms with Crippen LogP contribution in [0.1, 0.15) is 18.5 Å². The molecule has 0 bridgehead atoms. The first kappa shape index (κ1) is 25.9. The fourth-order valence-electron chi connectivity index (χ4n) is 4.32. The second-order valence-electron chi connectivity index (χ2n) is 8.96. The number of amides is 1. The van der Waals surface area contributed by atoms with Gasteiger partial charge in [0.1, 0.15) is 24.5 Å². The maximum absolute atomic E-state index is 12.6. The fourth-order valence-corrected chi connectivity index (χ4v) is 4.85. The molecule has 1 amide bonds. The van der Waals surface area contributed by atoms with Gasteiger partial charge < -0.3 is 15.4 Å². The van der Waals surface area contributed by atoms with Crippen molar-refractivity contribution in [2.75, 3.05) is 24.2 Å². The van der Waals surface area contributed by atoms with Crippen LogP contribution in [0.5, 0.6) is 5.75 Å². The predicted molar refractivity (Wildman–Crippen MR) is 151 cm³/mol. The van der Waals surface area contributed by atoms with Crippen molar-refractivity contribution in [3.05, 3.63) is 88.9 Å². The summed E-state index contributed by atoms with van der Waals surface area (Å²) in [7, 11) is 2.06. The average Bonchev–Trinajstić information content (AvgIpc) is 3.34. The summed E-state index contributed by atoms with van der Waals surface area (Å²) in [5, 5.41) is 7.49. The minimum atomic E-state index is -0.244. The second kappa shape index (κ2) is 11.8. The molecule has 4 aromatic rings. The standard InChI is InChI=1S/C28H26Cl2N6O2/c1-36-14-4-6-20(36)8-12-25(37)35-23-10-9-22-26(27(23)30)28(33-17-32-22)34-18-7-11-24(21(29)15-18)38-16-19-5-2-3-13-31-19/h2-3,5,7-13,15,17,20H,4,6,14,16H2,1H3,(H,35,37)(H,32,33,34)/b12-8+/t20-/m1/s1. The summed E-state index contributed by atoms with van der Waals surface area (Å²) in [5.41, 5.74) is 2.60. The molecule has 0 aliphatic carbocycles. The van der Waals surface area contributed by atoms with Crippen LogP contribution in [0.15, 0.2) is 73.2 Å². The molecule has 0 radical (unpaired) electrons. The molecule has 1 saturated heterocycles. The van der Waals surface area contributed by atoms with Crippen LogP contribution in [0.3, 0.4) is 0 Å². The number of benzene rings is 2. The van der Waals surface area contributed by atoms with Crippen molar-refractivity contribution < 1.29 is 9.53 Å². The molecule has 1 aliphatic heterocycles. The molecule has 2 aromatic heterocycles. The Morgan fingerprint density at radius 1 is 1.16 bits per heavy atom. The van der Waals surface area contributed by atoms with E-state index in [9.17, 15) is 4.79 Å². The lowest BCUT2D eigenvalue weighted by atomic mass is 10.2. The van der Waals surface area contributed by atoms with Gasteiger partial charge in [0.15, 0.2) is 0 Å². The van der Waals surface area contributed by atoms with Gasteiger partial charge in [-0.2, -0.15) is 0 Å². The van der Waals surface area contributed by atoms with Crippen molar-refractivity contribution in [2.24, 2.45) is 0 Å². The Labute approximate surface area is 230 Å². The summed E-state index contributed by atoms with van der Waals surface area (Å²) >= 11 is 13.2. The van der Waals surface area contributed by atoms with Gasteiger partial charge in [0.05, 0.1) is 32.3 Å². The van der Waals surface area contributed by atoms with Crippen LogP contribution in [0, 0.1) is 0 Å². The molecule has 3 heterocycles. The number of anilines is 3. The Morgan fingerprint density at radius 3 is 2.82 bits per heavy atom. The number of halogens is 2. The number of fused-ring (bicyclic) bond motifs is 1. The maximum atomic E-state index is 12.6. The topological polar surface area (TPSA) is 92.3 Å². The highest BCUT2D eigenvalue weighted by Gasteiger charge is 2.18. The van der Waals surface area contributed by atoms with Crippen LogP contribution in [-0.4, -0.2) is 45.4 Å². The van der Waals surface area contributed by atoms with Gasteiger partial charge in [0, 0.05) is 24.0 Å². The van der Waals surface area contributed by atoms with Crippen molar-refractivity contribution in [3.8, 4) is 5.75 Å². The van der Waals surface area contributed by atoms with Crippen LogP contribution < -0.4 is 15.4 Å². The number of hydrogen-bond acceptors (Lipinski definition) is 7. The van der Waals surface area contributed by atoms with Crippen LogP contribution in [0.4, 0.5) is 17.2 Å². The molecule has 5 rings (SSSR count). The van der Waals surface area contributed by atoms with Crippen molar-refractivity contribution in [1.29, 1.82) is 0 Å². The molecule has 1 atom stereocenters. The summed E-state index contributed by atoms with van der Waals surface area (Å²) in [6.07, 6.45) is 8.84. The van der Waals surface area contributed by atoms with E-state index in [2.05, 4.69) is 37.5 Å². The van der Waals surface area contributed by atoms with E-state index in [-0.39, 0.29) is 11.9 Å². The van der Waals surface area contributed by atoms with Gasteiger partial charge in [0.2, 0.25) is 5.91 Å². The Hall–Kier alpha value is -3.72. The number of carbonyl (C=O) groups excluding carboxylic acids is 1. The highest BCUT2D eigenvalue weighted by molar-refractivity contribution is 6.39. The number of likely N-dealkylation sites (N-methyl/N-ethyl adjacent to an activating group) is 1. The second-order valence-corrected chi connectivity index (χ2v) is 9.75. The Bertz CT molecular complexity index is 1480. The fraction of sp³-hybridized carbons (Fsp3) is 0.214. The predicted octanol–water partition coefficient (Wildman–Crippen LogP) is 6.24. The molecular formula is C28H26Cl2N6O2. The Morgan fingerprint density at radius 2 is 2.05 bits per heavy atom. The molecule has 1 fully saturated rings. The minimum absolute atomic E-state index is 0.244. The Kier molecular flexibility index (Phi) is 8.03. The summed E-state index contributed by atoms with van der Waals surface area (Å²) in [5.74, 6) is 0.777. The van der Waals surface area contributed by atoms with Gasteiger partial charge in [-0.05, 0) is 68.9 Å². The van der Waals surface area contributed by atoms with Crippen molar-refractivity contribution in [3.63, 3.8) is 0 Å². The van der Waals surface area contributed by atoms with Gasteiger partial charge >= 0.3 is 0 Å². The third-order valence-corrected chi connectivity index (χ3v) is 7.03. The molecule has 38 heavy (non-hydrogen) atoms. The number of carbonyl (C=O) groups is 1. The van der Waals surface area contributed by atoms with Crippen molar-refractivity contribution >= 4 is 57.2 Å². The maximum Gasteiger partial charge on any atom is 0.248 e. The molecule has 10 heteroatoms. The van der Waals surface area contributed by atoms with E-state index in [4.69, 9.17) is 27.9 Å². The molecule has 194 valence electrons. The quantitative estimate of drug-likeness (QED) is 0.251. The largest absolute Gasteiger partial charge is 0.486 e. The van der Waals surface area contributed by atoms with Crippen molar-refractivity contribution in [1.82, 2.24) is 19.9 Å². The van der Waals surface area contributed by atoms with Gasteiger partial charge in [-0.15, -0.1) is 0 Å². The van der Waals surface area contributed by atoms with E-state index < -0.39 is 0 Å². The van der Waals surface area contributed by atoms with E-state index in [0.717, 1.165) is 25.1 Å². The zero-order valence-corrected chi connectivity index (χ0v) is 22.2. The highest BCUT2D eigenvalue weighted by atomic mass is 35.5. The summed E-state index contributed by atoms with van der Waals surface area (Å²) < 4.78 is 5.81. The third kappa shape index (κ3) is 6.05. The van der Waals surface area contributed by atoms with Crippen LogP contribution in [-0.2, 0) is 11.4 Å². The van der Waals surface area contributed by atoms with Crippen molar-refractivity contribution in [2.45, 2.75) is 25.5 Å². The summed E-state index contributed by atoms with van der Waals surface area (Å²) in [6.45, 7) is 1.34. The first-order valence-electron chi connectivity index (χ1n) is 12.2. The number of rotatable bonds is 8. The molecule has 0 unspecified atom stereocenters. The van der Waals surface area contributed by atoms with Gasteiger partial charge in [-0.1, -0.05) is 35.3 Å². The summed E-state index contributed by atoms with van der Waals surface area (Å²) in [6, 6.07) is 14.8.